The van der Waals surface area contributed by atoms with E-state index in [0.29, 0.717) is 24.7 Å². The molecule has 1 aromatic heterocycles. The average Bonchev–Trinajstić information content (AvgIpc) is 2.64. The van der Waals surface area contributed by atoms with E-state index in [-0.39, 0.29) is 19.1 Å². The number of amides is 1. The molecule has 1 amide bonds. The lowest BCUT2D eigenvalue weighted by molar-refractivity contribution is -0.117. The van der Waals surface area contributed by atoms with Crippen LogP contribution in [0.15, 0.2) is 23.2 Å². The van der Waals surface area contributed by atoms with Crippen molar-refractivity contribution in [2.75, 3.05) is 31.6 Å². The van der Waals surface area contributed by atoms with Gasteiger partial charge < -0.3 is 14.9 Å². The number of aromatic nitrogens is 1. The van der Waals surface area contributed by atoms with E-state index >= 15 is 0 Å². The second kappa shape index (κ2) is 6.82. The summed E-state index contributed by atoms with van der Waals surface area (Å²) >= 11 is 0. The van der Waals surface area contributed by atoms with Crippen LogP contribution in [0, 0.1) is 6.92 Å². The highest BCUT2D eigenvalue weighted by atomic mass is 16.5. The van der Waals surface area contributed by atoms with Crippen molar-refractivity contribution in [3.63, 3.8) is 0 Å². The Labute approximate surface area is 99.9 Å². The molecule has 0 spiro atoms. The first-order valence-electron chi connectivity index (χ1n) is 5.33. The van der Waals surface area contributed by atoms with Crippen LogP contribution in [0.3, 0.4) is 0 Å². The molecule has 0 fully saturated rings. The van der Waals surface area contributed by atoms with Crippen molar-refractivity contribution in [2.45, 2.75) is 6.92 Å². The van der Waals surface area contributed by atoms with E-state index in [1.165, 1.54) is 0 Å². The van der Waals surface area contributed by atoms with Crippen LogP contribution in [0.1, 0.15) is 5.76 Å². The average molecular weight is 239 g/mol. The largest absolute Gasteiger partial charge is 0.395 e. The molecular weight excluding hydrogens is 222 g/mol. The van der Waals surface area contributed by atoms with Crippen LogP contribution in [-0.4, -0.2) is 47.3 Å². The summed E-state index contributed by atoms with van der Waals surface area (Å²) < 4.78 is 4.83. The van der Waals surface area contributed by atoms with Crippen molar-refractivity contribution in [2.24, 2.45) is 0 Å². The van der Waals surface area contributed by atoms with Gasteiger partial charge in [-0.3, -0.25) is 9.69 Å². The van der Waals surface area contributed by atoms with E-state index in [0.717, 1.165) is 0 Å². The molecule has 1 aromatic rings. The number of anilines is 1. The quantitative estimate of drug-likeness (QED) is 0.673. The summed E-state index contributed by atoms with van der Waals surface area (Å²) in [6.45, 7) is 6.50. The Hall–Kier alpha value is -1.66. The van der Waals surface area contributed by atoms with E-state index < -0.39 is 0 Å². The van der Waals surface area contributed by atoms with Crippen molar-refractivity contribution in [3.05, 3.63) is 24.5 Å². The van der Waals surface area contributed by atoms with Crippen LogP contribution in [0.5, 0.6) is 0 Å². The van der Waals surface area contributed by atoms with Gasteiger partial charge in [0.2, 0.25) is 5.91 Å². The summed E-state index contributed by atoms with van der Waals surface area (Å²) in [7, 11) is 0. The van der Waals surface area contributed by atoms with Gasteiger partial charge in [0.25, 0.3) is 0 Å². The summed E-state index contributed by atoms with van der Waals surface area (Å²) in [5.74, 6) is 0.835. The van der Waals surface area contributed by atoms with Crippen molar-refractivity contribution in [1.82, 2.24) is 10.1 Å². The lowest BCUT2D eigenvalue weighted by Crippen LogP contribution is -2.35. The second-order valence-electron chi connectivity index (χ2n) is 3.62. The number of hydrogen-bond donors (Lipinski definition) is 2. The molecule has 2 N–H and O–H groups in total. The van der Waals surface area contributed by atoms with E-state index in [4.69, 9.17) is 9.63 Å². The predicted octanol–water partition coefficient (Wildman–Crippen LogP) is 0.402. The summed E-state index contributed by atoms with van der Waals surface area (Å²) in [5, 5.41) is 15.1. The van der Waals surface area contributed by atoms with E-state index in [1.54, 1.807) is 24.0 Å². The van der Waals surface area contributed by atoms with E-state index in [1.807, 2.05) is 0 Å². The molecule has 0 saturated heterocycles. The zero-order valence-corrected chi connectivity index (χ0v) is 9.85. The van der Waals surface area contributed by atoms with Gasteiger partial charge in [0, 0.05) is 19.2 Å². The van der Waals surface area contributed by atoms with Gasteiger partial charge >= 0.3 is 0 Å². The third-order valence-corrected chi connectivity index (χ3v) is 2.07. The lowest BCUT2D eigenvalue weighted by atomic mass is 10.4. The number of rotatable bonds is 7. The Balaban J connectivity index is 2.44. The molecule has 0 saturated carbocycles. The Morgan fingerprint density at radius 3 is 3.06 bits per heavy atom. The van der Waals surface area contributed by atoms with Gasteiger partial charge in [-0.25, -0.2) is 0 Å². The predicted molar refractivity (Wildman–Crippen MR) is 63.6 cm³/mol. The molecule has 1 rings (SSSR count). The molecule has 6 nitrogen and oxygen atoms in total. The minimum atomic E-state index is -0.200. The van der Waals surface area contributed by atoms with Crippen LogP contribution >= 0.6 is 0 Å². The van der Waals surface area contributed by atoms with Crippen LogP contribution < -0.4 is 5.32 Å². The standard InChI is InChI=1S/C11H17N3O3/c1-3-4-14(5-6-15)8-11(16)12-10-7-9(2)17-13-10/h3,7,15H,1,4-6,8H2,2H3,(H,12,13,16). The maximum atomic E-state index is 11.6. The van der Waals surface area contributed by atoms with Crippen LogP contribution in [0.2, 0.25) is 0 Å². The lowest BCUT2D eigenvalue weighted by Gasteiger charge is -2.17. The molecule has 0 unspecified atom stereocenters. The zero-order chi connectivity index (χ0) is 12.7. The fraction of sp³-hybridized carbons (Fsp3) is 0.455. The van der Waals surface area contributed by atoms with Crippen molar-refractivity contribution >= 4 is 11.7 Å². The number of hydrogen-bond acceptors (Lipinski definition) is 5. The number of carbonyl (C=O) groups is 1. The highest BCUT2D eigenvalue weighted by Gasteiger charge is 2.10. The monoisotopic (exact) mass is 239 g/mol. The van der Waals surface area contributed by atoms with Gasteiger partial charge in [-0.15, -0.1) is 6.58 Å². The molecule has 0 aliphatic rings. The molecular formula is C11H17N3O3. The minimum Gasteiger partial charge on any atom is -0.395 e. The SMILES string of the molecule is C=CCN(CCO)CC(=O)Nc1cc(C)on1. The molecule has 6 heteroatoms. The number of aliphatic hydroxyl groups is 1. The molecule has 17 heavy (non-hydrogen) atoms. The maximum absolute atomic E-state index is 11.6. The molecule has 94 valence electrons. The van der Waals surface area contributed by atoms with Crippen molar-refractivity contribution in [3.8, 4) is 0 Å². The van der Waals surface area contributed by atoms with Crippen LogP contribution in [0.25, 0.3) is 0 Å². The smallest absolute Gasteiger partial charge is 0.239 e. The minimum absolute atomic E-state index is 0.00416. The van der Waals surface area contributed by atoms with Gasteiger partial charge in [0.1, 0.15) is 5.76 Å². The van der Waals surface area contributed by atoms with Gasteiger partial charge in [-0.1, -0.05) is 11.2 Å². The molecule has 0 aliphatic heterocycles. The Morgan fingerprint density at radius 2 is 2.53 bits per heavy atom. The summed E-state index contributed by atoms with van der Waals surface area (Å²) in [4.78, 5) is 13.4. The molecule has 1 heterocycles. The number of aliphatic hydroxyl groups excluding tert-OH is 1. The van der Waals surface area contributed by atoms with Crippen LogP contribution in [0.4, 0.5) is 5.82 Å². The number of nitrogens with one attached hydrogen (secondary N) is 1. The Kier molecular flexibility index (Phi) is 5.38. The first-order chi connectivity index (χ1) is 8.15. The van der Waals surface area contributed by atoms with Crippen LogP contribution in [-0.2, 0) is 4.79 Å². The molecule has 0 atom stereocenters. The normalized spacial score (nSPS) is 10.5. The van der Waals surface area contributed by atoms with Gasteiger partial charge in [-0.05, 0) is 6.92 Å². The Bertz CT molecular complexity index is 376. The fourth-order valence-corrected chi connectivity index (χ4v) is 1.37. The fourth-order valence-electron chi connectivity index (χ4n) is 1.37. The summed E-state index contributed by atoms with van der Waals surface area (Å²) in [5.41, 5.74) is 0. The maximum Gasteiger partial charge on any atom is 0.239 e. The highest BCUT2D eigenvalue weighted by Crippen LogP contribution is 2.06. The van der Waals surface area contributed by atoms with Gasteiger partial charge in [0.05, 0.1) is 13.2 Å². The molecule has 0 aromatic carbocycles. The van der Waals surface area contributed by atoms with E-state index in [2.05, 4.69) is 17.1 Å². The summed E-state index contributed by atoms with van der Waals surface area (Å²) in [6, 6.07) is 1.64. The number of carbonyl (C=O) groups excluding carboxylic acids is 1. The molecule has 0 bridgehead atoms. The Morgan fingerprint density at radius 1 is 1.76 bits per heavy atom. The molecule has 0 aliphatic carbocycles. The third-order valence-electron chi connectivity index (χ3n) is 2.07. The first kappa shape index (κ1) is 13.4. The van der Waals surface area contributed by atoms with Crippen molar-refractivity contribution in [1.29, 1.82) is 0 Å². The van der Waals surface area contributed by atoms with Crippen molar-refractivity contribution < 1.29 is 14.4 Å². The highest BCUT2D eigenvalue weighted by molar-refractivity contribution is 5.91. The number of nitrogens with zero attached hydrogens (tertiary/aromatic N) is 2. The van der Waals surface area contributed by atoms with E-state index in [9.17, 15) is 4.79 Å². The second-order valence-corrected chi connectivity index (χ2v) is 3.62. The summed E-state index contributed by atoms with van der Waals surface area (Å²) in [6.07, 6.45) is 1.68. The van der Waals surface area contributed by atoms with Gasteiger partial charge in [-0.2, -0.15) is 0 Å². The number of aryl methyl sites for hydroxylation is 1. The first-order valence-corrected chi connectivity index (χ1v) is 5.33. The van der Waals surface area contributed by atoms with Gasteiger partial charge in [0.15, 0.2) is 5.82 Å². The topological polar surface area (TPSA) is 78.6 Å². The third kappa shape index (κ3) is 4.80. The molecule has 0 radical (unpaired) electrons. The zero-order valence-electron chi connectivity index (χ0n) is 9.85.